The number of aromatic nitrogens is 1. The van der Waals surface area contributed by atoms with E-state index in [1.54, 1.807) is 66.9 Å². The van der Waals surface area contributed by atoms with E-state index >= 15 is 0 Å². The lowest BCUT2D eigenvalue weighted by Crippen LogP contribution is -2.26. The molecule has 0 aliphatic heterocycles. The molecule has 2 N–H and O–H groups in total. The molecule has 1 heterocycles. The number of H-pyrrole nitrogens is 1. The first-order chi connectivity index (χ1) is 13.0. The van der Waals surface area contributed by atoms with Crippen LogP contribution in [0.3, 0.4) is 0 Å². The van der Waals surface area contributed by atoms with Gasteiger partial charge in [-0.2, -0.15) is 0 Å². The van der Waals surface area contributed by atoms with Crippen molar-refractivity contribution < 1.29 is 19.1 Å². The van der Waals surface area contributed by atoms with Crippen molar-refractivity contribution in [1.29, 1.82) is 0 Å². The number of carbonyl (C=O) groups excluding carboxylic acids is 3. The molecule has 6 nitrogen and oxygen atoms in total. The molecule has 0 unspecified atom stereocenters. The summed E-state index contributed by atoms with van der Waals surface area (Å²) in [4.78, 5) is 39.4. The largest absolute Gasteiger partial charge is 0.443 e. The zero-order chi connectivity index (χ0) is 19.2. The molecule has 1 aromatic heterocycles. The summed E-state index contributed by atoms with van der Waals surface area (Å²) < 4.78 is 5.44. The van der Waals surface area contributed by atoms with Gasteiger partial charge in [0.15, 0.2) is 5.78 Å². The summed E-state index contributed by atoms with van der Waals surface area (Å²) >= 11 is 0. The smallest absolute Gasteiger partial charge is 0.355 e. The molecule has 27 heavy (non-hydrogen) atoms. The van der Waals surface area contributed by atoms with Gasteiger partial charge < -0.3 is 15.0 Å². The Morgan fingerprint density at radius 2 is 1.74 bits per heavy atom. The number of Topliss-reactive ketones (excluding diaryl/α,β-unsaturated/α-hetero) is 1. The Morgan fingerprint density at radius 3 is 2.41 bits per heavy atom. The van der Waals surface area contributed by atoms with Crippen molar-refractivity contribution in [3.63, 3.8) is 0 Å². The van der Waals surface area contributed by atoms with Gasteiger partial charge in [0.2, 0.25) is 6.10 Å². The number of hydrogen-bond donors (Lipinski definition) is 2. The normalized spacial score (nSPS) is 11.4. The third kappa shape index (κ3) is 4.49. The number of anilines is 1. The molecule has 0 spiro atoms. The summed E-state index contributed by atoms with van der Waals surface area (Å²) in [6.45, 7) is 1.45. The van der Waals surface area contributed by atoms with Crippen LogP contribution in [-0.2, 0) is 9.53 Å². The van der Waals surface area contributed by atoms with E-state index in [0.29, 0.717) is 16.8 Å². The van der Waals surface area contributed by atoms with Gasteiger partial charge in [-0.15, -0.1) is 0 Å². The fourth-order valence-corrected chi connectivity index (χ4v) is 2.55. The minimum atomic E-state index is -1.14. The molecule has 3 rings (SSSR count). The summed E-state index contributed by atoms with van der Waals surface area (Å²) in [5.41, 5.74) is 1.72. The second-order valence-electron chi connectivity index (χ2n) is 5.91. The standard InChI is InChI=1S/C21H18N2O4/c1-14(24)16-9-5-10-17(13-16)23-20(25)19(15-7-3-2-4-8-15)27-21(26)18-11-6-12-22-18/h2-13,19,22H,1H3,(H,23,25)/t19-/m1/s1. The number of aromatic amines is 1. The quantitative estimate of drug-likeness (QED) is 0.516. The van der Waals surface area contributed by atoms with Crippen LogP contribution in [0.25, 0.3) is 0 Å². The van der Waals surface area contributed by atoms with E-state index in [2.05, 4.69) is 10.3 Å². The van der Waals surface area contributed by atoms with Gasteiger partial charge in [0.25, 0.3) is 5.91 Å². The minimum Gasteiger partial charge on any atom is -0.443 e. The molecule has 0 saturated heterocycles. The minimum absolute atomic E-state index is 0.108. The van der Waals surface area contributed by atoms with Crippen molar-refractivity contribution in [1.82, 2.24) is 4.98 Å². The Kier molecular flexibility index (Phi) is 5.47. The molecule has 0 aliphatic rings. The van der Waals surface area contributed by atoms with Gasteiger partial charge in [-0.3, -0.25) is 9.59 Å². The number of nitrogens with one attached hydrogen (secondary N) is 2. The number of ether oxygens (including phenoxy) is 1. The average Bonchev–Trinajstić information content (AvgIpc) is 3.21. The number of esters is 1. The van der Waals surface area contributed by atoms with Gasteiger partial charge in [-0.1, -0.05) is 42.5 Å². The molecule has 136 valence electrons. The topological polar surface area (TPSA) is 88.3 Å². The van der Waals surface area contributed by atoms with E-state index in [-0.39, 0.29) is 11.5 Å². The van der Waals surface area contributed by atoms with Crippen LogP contribution in [0.1, 0.15) is 39.4 Å². The third-order valence-corrected chi connectivity index (χ3v) is 3.92. The molecular formula is C21H18N2O4. The Labute approximate surface area is 156 Å². The highest BCUT2D eigenvalue weighted by Crippen LogP contribution is 2.22. The van der Waals surface area contributed by atoms with Crippen LogP contribution >= 0.6 is 0 Å². The van der Waals surface area contributed by atoms with Crippen molar-refractivity contribution in [3.05, 3.63) is 89.7 Å². The number of hydrogen-bond acceptors (Lipinski definition) is 4. The summed E-state index contributed by atoms with van der Waals surface area (Å²) in [7, 11) is 0. The molecule has 1 amide bonds. The Bertz CT molecular complexity index is 949. The van der Waals surface area contributed by atoms with E-state index in [9.17, 15) is 14.4 Å². The van der Waals surface area contributed by atoms with Crippen molar-refractivity contribution in [2.45, 2.75) is 13.0 Å². The van der Waals surface area contributed by atoms with Crippen molar-refractivity contribution in [2.75, 3.05) is 5.32 Å². The van der Waals surface area contributed by atoms with Gasteiger partial charge in [0, 0.05) is 23.0 Å². The Balaban J connectivity index is 1.84. The molecule has 0 aliphatic carbocycles. The number of benzene rings is 2. The van der Waals surface area contributed by atoms with Gasteiger partial charge in [0.1, 0.15) is 5.69 Å². The maximum atomic E-state index is 12.8. The zero-order valence-corrected chi connectivity index (χ0v) is 14.6. The molecule has 0 bridgehead atoms. The summed E-state index contributed by atoms with van der Waals surface area (Å²) in [5.74, 6) is -1.26. The molecule has 1 atom stereocenters. The number of carbonyl (C=O) groups is 3. The summed E-state index contributed by atoms with van der Waals surface area (Å²) in [5, 5.41) is 2.71. The van der Waals surface area contributed by atoms with Crippen LogP contribution in [-0.4, -0.2) is 22.6 Å². The average molecular weight is 362 g/mol. The molecule has 0 fully saturated rings. The predicted octanol–water partition coefficient (Wildman–Crippen LogP) is 3.75. The maximum Gasteiger partial charge on any atom is 0.355 e. The van der Waals surface area contributed by atoms with Crippen molar-refractivity contribution >= 4 is 23.3 Å². The monoisotopic (exact) mass is 362 g/mol. The molecule has 0 radical (unpaired) electrons. The summed E-state index contributed by atoms with van der Waals surface area (Å²) in [6.07, 6.45) is 0.463. The van der Waals surface area contributed by atoms with Crippen LogP contribution in [0.5, 0.6) is 0 Å². The van der Waals surface area contributed by atoms with Crippen LogP contribution in [0.15, 0.2) is 72.9 Å². The van der Waals surface area contributed by atoms with Gasteiger partial charge in [0.05, 0.1) is 0 Å². The number of ketones is 1. The predicted molar refractivity (Wildman–Crippen MR) is 100 cm³/mol. The second-order valence-corrected chi connectivity index (χ2v) is 5.91. The fraction of sp³-hybridized carbons (Fsp3) is 0.0952. The van der Waals surface area contributed by atoms with E-state index in [4.69, 9.17) is 4.74 Å². The molecule has 2 aromatic carbocycles. The summed E-state index contributed by atoms with van der Waals surface area (Å²) in [6, 6.07) is 18.6. The lowest BCUT2D eigenvalue weighted by atomic mass is 10.1. The molecule has 0 saturated carbocycles. The van der Waals surface area contributed by atoms with Crippen LogP contribution in [0.4, 0.5) is 5.69 Å². The van der Waals surface area contributed by atoms with E-state index < -0.39 is 18.0 Å². The molecule has 3 aromatic rings. The SMILES string of the molecule is CC(=O)c1cccc(NC(=O)[C@H](OC(=O)c2ccc[nH]2)c2ccccc2)c1. The fourth-order valence-electron chi connectivity index (χ4n) is 2.55. The number of rotatable bonds is 6. The van der Waals surface area contributed by atoms with Crippen LogP contribution in [0.2, 0.25) is 0 Å². The first-order valence-corrected chi connectivity index (χ1v) is 8.36. The van der Waals surface area contributed by atoms with Gasteiger partial charge in [-0.05, 0) is 31.2 Å². The lowest BCUT2D eigenvalue weighted by molar-refractivity contribution is -0.125. The Morgan fingerprint density at radius 1 is 0.963 bits per heavy atom. The van der Waals surface area contributed by atoms with Crippen molar-refractivity contribution in [2.24, 2.45) is 0 Å². The van der Waals surface area contributed by atoms with E-state index in [0.717, 1.165) is 0 Å². The van der Waals surface area contributed by atoms with Crippen LogP contribution < -0.4 is 5.32 Å². The van der Waals surface area contributed by atoms with Gasteiger partial charge >= 0.3 is 5.97 Å². The second kappa shape index (κ2) is 8.14. The van der Waals surface area contributed by atoms with E-state index in [1.807, 2.05) is 6.07 Å². The van der Waals surface area contributed by atoms with E-state index in [1.165, 1.54) is 6.92 Å². The van der Waals surface area contributed by atoms with Gasteiger partial charge in [-0.25, -0.2) is 4.79 Å². The van der Waals surface area contributed by atoms with Crippen LogP contribution in [0, 0.1) is 0 Å². The lowest BCUT2D eigenvalue weighted by Gasteiger charge is -2.18. The van der Waals surface area contributed by atoms with Crippen molar-refractivity contribution in [3.8, 4) is 0 Å². The molecule has 6 heteroatoms. The first-order valence-electron chi connectivity index (χ1n) is 8.36. The highest BCUT2D eigenvalue weighted by atomic mass is 16.5. The first kappa shape index (κ1) is 18.1. The third-order valence-electron chi connectivity index (χ3n) is 3.92. The Hall–Kier alpha value is -3.67. The molecular weight excluding hydrogens is 344 g/mol. The number of amides is 1. The highest BCUT2D eigenvalue weighted by Gasteiger charge is 2.26. The maximum absolute atomic E-state index is 12.8. The zero-order valence-electron chi connectivity index (χ0n) is 14.6. The highest BCUT2D eigenvalue weighted by molar-refractivity contribution is 5.99.